The lowest BCUT2D eigenvalue weighted by Gasteiger charge is -2.22. The second kappa shape index (κ2) is 12.7. The molecule has 172 valence electrons. The van der Waals surface area contributed by atoms with Gasteiger partial charge >= 0.3 is 0 Å². The number of rotatable bonds is 9. The van der Waals surface area contributed by atoms with E-state index in [-0.39, 0.29) is 29.9 Å². The van der Waals surface area contributed by atoms with E-state index in [2.05, 4.69) is 58.6 Å². The average molecular weight is 542 g/mol. The van der Waals surface area contributed by atoms with Crippen molar-refractivity contribution < 1.29 is 9.26 Å². The second-order valence-electron chi connectivity index (χ2n) is 7.81. The Morgan fingerprint density at radius 1 is 1.35 bits per heavy atom. The zero-order valence-corrected chi connectivity index (χ0v) is 21.3. The molecule has 1 aromatic carbocycles. The quantitative estimate of drug-likeness (QED) is 0.217. The van der Waals surface area contributed by atoms with Gasteiger partial charge in [-0.05, 0) is 31.9 Å². The molecule has 0 saturated carbocycles. The average Bonchev–Trinajstić information content (AvgIpc) is 3.41. The molecule has 0 spiro atoms. The van der Waals surface area contributed by atoms with Crippen molar-refractivity contribution in [3.63, 3.8) is 0 Å². The van der Waals surface area contributed by atoms with E-state index in [1.54, 1.807) is 7.11 Å². The van der Waals surface area contributed by atoms with Gasteiger partial charge in [-0.2, -0.15) is 4.98 Å². The van der Waals surface area contributed by atoms with E-state index in [1.165, 1.54) is 0 Å². The zero-order valence-electron chi connectivity index (χ0n) is 18.9. The van der Waals surface area contributed by atoms with Gasteiger partial charge in [0.15, 0.2) is 11.8 Å². The van der Waals surface area contributed by atoms with Gasteiger partial charge in [0.05, 0.1) is 12.8 Å². The number of para-hydroxylation sites is 2. The number of guanidine groups is 1. The van der Waals surface area contributed by atoms with Crippen molar-refractivity contribution in [1.82, 2.24) is 20.8 Å². The van der Waals surface area contributed by atoms with Gasteiger partial charge in [0.2, 0.25) is 5.89 Å². The predicted molar refractivity (Wildman–Crippen MR) is 135 cm³/mol. The maximum atomic E-state index is 5.51. The van der Waals surface area contributed by atoms with Crippen LogP contribution in [0.3, 0.4) is 0 Å². The minimum Gasteiger partial charge on any atom is -0.495 e. The third kappa shape index (κ3) is 7.26. The molecule has 3 rings (SSSR count). The van der Waals surface area contributed by atoms with Crippen molar-refractivity contribution in [2.45, 2.75) is 52.0 Å². The summed E-state index contributed by atoms with van der Waals surface area (Å²) >= 11 is 0. The fourth-order valence-electron chi connectivity index (χ4n) is 3.53. The number of nitrogens with one attached hydrogen (secondary N) is 2. The molecule has 2 heterocycles. The molecule has 0 amide bonds. The van der Waals surface area contributed by atoms with Crippen LogP contribution in [0, 0.1) is 0 Å². The summed E-state index contributed by atoms with van der Waals surface area (Å²) in [6.45, 7) is 9.65. The second-order valence-corrected chi connectivity index (χ2v) is 7.81. The van der Waals surface area contributed by atoms with Gasteiger partial charge in [-0.1, -0.05) is 31.1 Å². The van der Waals surface area contributed by atoms with Crippen molar-refractivity contribution >= 4 is 35.6 Å². The van der Waals surface area contributed by atoms with E-state index in [4.69, 9.17) is 14.3 Å². The van der Waals surface area contributed by atoms with Crippen LogP contribution in [0.15, 0.2) is 33.8 Å². The predicted octanol–water partition coefficient (Wildman–Crippen LogP) is 3.59. The zero-order chi connectivity index (χ0) is 21.3. The van der Waals surface area contributed by atoms with Crippen LogP contribution in [-0.4, -0.2) is 55.4 Å². The smallest absolute Gasteiger partial charge is 0.226 e. The van der Waals surface area contributed by atoms with Crippen LogP contribution in [0.2, 0.25) is 0 Å². The van der Waals surface area contributed by atoms with Crippen LogP contribution in [0.4, 0.5) is 5.69 Å². The standard InChI is InChI=1S/C22H34N6O2.HI/c1-5-23-22(24-13-8-11-20-26-21(16(2)3)27-30-20)25-17-12-14-28(15-17)18-9-6-7-10-19(18)29-4;/h6-7,9-10,16-17H,5,8,11-15H2,1-4H3,(H2,23,24,25);1H. The summed E-state index contributed by atoms with van der Waals surface area (Å²) < 4.78 is 10.8. The van der Waals surface area contributed by atoms with Crippen molar-refractivity contribution in [1.29, 1.82) is 0 Å². The third-order valence-electron chi connectivity index (χ3n) is 5.12. The molecular formula is C22H35IN6O2. The maximum absolute atomic E-state index is 5.51. The topological polar surface area (TPSA) is 87.8 Å². The van der Waals surface area contributed by atoms with Gasteiger partial charge in [-0.15, -0.1) is 24.0 Å². The Morgan fingerprint density at radius 3 is 2.87 bits per heavy atom. The minimum atomic E-state index is 0. The Balaban J connectivity index is 0.00000341. The van der Waals surface area contributed by atoms with Gasteiger partial charge in [0, 0.05) is 44.6 Å². The van der Waals surface area contributed by atoms with Crippen LogP contribution in [0.25, 0.3) is 0 Å². The van der Waals surface area contributed by atoms with Gasteiger partial charge in [0.25, 0.3) is 0 Å². The number of hydrogen-bond donors (Lipinski definition) is 2. The van der Waals surface area contributed by atoms with Crippen molar-refractivity contribution in [2.75, 3.05) is 38.2 Å². The third-order valence-corrected chi connectivity index (χ3v) is 5.12. The fraction of sp³-hybridized carbons (Fsp3) is 0.591. The number of hydrogen-bond acceptors (Lipinski definition) is 6. The van der Waals surface area contributed by atoms with E-state index >= 15 is 0 Å². The van der Waals surface area contributed by atoms with Gasteiger partial charge < -0.3 is 24.8 Å². The Hall–Kier alpha value is -2.04. The van der Waals surface area contributed by atoms with Crippen molar-refractivity contribution in [3.05, 3.63) is 36.0 Å². The molecule has 0 bridgehead atoms. The SMILES string of the molecule is CCNC(=NCCCc1nc(C(C)C)no1)NC1CCN(c2ccccc2OC)C1.I. The van der Waals surface area contributed by atoms with Crippen LogP contribution in [0.1, 0.15) is 51.2 Å². The van der Waals surface area contributed by atoms with E-state index < -0.39 is 0 Å². The first-order valence-electron chi connectivity index (χ1n) is 10.9. The monoisotopic (exact) mass is 542 g/mol. The van der Waals surface area contributed by atoms with Gasteiger partial charge in [-0.25, -0.2) is 0 Å². The van der Waals surface area contributed by atoms with E-state index in [0.29, 0.717) is 18.5 Å². The number of aromatic nitrogens is 2. The van der Waals surface area contributed by atoms with Crippen LogP contribution >= 0.6 is 24.0 Å². The molecule has 2 N–H and O–H groups in total. The Morgan fingerprint density at radius 2 is 2.16 bits per heavy atom. The molecular weight excluding hydrogens is 507 g/mol. The summed E-state index contributed by atoms with van der Waals surface area (Å²) in [6, 6.07) is 8.52. The number of methoxy groups -OCH3 is 1. The molecule has 0 aliphatic carbocycles. The normalized spacial score (nSPS) is 16.4. The van der Waals surface area contributed by atoms with E-state index in [9.17, 15) is 0 Å². The maximum Gasteiger partial charge on any atom is 0.226 e. The summed E-state index contributed by atoms with van der Waals surface area (Å²) in [6.07, 6.45) is 2.67. The molecule has 1 saturated heterocycles. The molecule has 8 nitrogen and oxygen atoms in total. The first-order valence-corrected chi connectivity index (χ1v) is 10.9. The van der Waals surface area contributed by atoms with Crippen molar-refractivity contribution in [2.24, 2.45) is 4.99 Å². The molecule has 9 heteroatoms. The van der Waals surface area contributed by atoms with E-state index in [0.717, 1.165) is 62.1 Å². The molecule has 1 atom stereocenters. The summed E-state index contributed by atoms with van der Waals surface area (Å²) in [5.41, 5.74) is 1.14. The lowest BCUT2D eigenvalue weighted by molar-refractivity contribution is 0.369. The molecule has 1 aliphatic rings. The van der Waals surface area contributed by atoms with Gasteiger partial charge in [0.1, 0.15) is 5.75 Å². The first kappa shape index (κ1) is 25.2. The summed E-state index contributed by atoms with van der Waals surface area (Å²) in [4.78, 5) is 11.5. The lowest BCUT2D eigenvalue weighted by atomic mass is 10.2. The largest absolute Gasteiger partial charge is 0.495 e. The number of anilines is 1. The van der Waals surface area contributed by atoms with E-state index in [1.807, 2.05) is 12.1 Å². The highest BCUT2D eigenvalue weighted by atomic mass is 127. The lowest BCUT2D eigenvalue weighted by Crippen LogP contribution is -2.44. The number of ether oxygens (including phenoxy) is 1. The molecule has 1 aromatic heterocycles. The number of aliphatic imine (C=N–C) groups is 1. The highest BCUT2D eigenvalue weighted by Crippen LogP contribution is 2.30. The Bertz CT molecular complexity index is 826. The van der Waals surface area contributed by atoms with Crippen LogP contribution in [-0.2, 0) is 6.42 Å². The van der Waals surface area contributed by atoms with Crippen LogP contribution < -0.4 is 20.3 Å². The fourth-order valence-corrected chi connectivity index (χ4v) is 3.53. The summed E-state index contributed by atoms with van der Waals surface area (Å²) in [7, 11) is 1.72. The molecule has 2 aromatic rings. The number of nitrogens with zero attached hydrogens (tertiary/aromatic N) is 4. The minimum absolute atomic E-state index is 0. The molecule has 0 radical (unpaired) electrons. The molecule has 1 fully saturated rings. The number of halogens is 1. The number of aryl methyl sites for hydroxylation is 1. The summed E-state index contributed by atoms with van der Waals surface area (Å²) in [5, 5.41) is 10.9. The van der Waals surface area contributed by atoms with Crippen molar-refractivity contribution in [3.8, 4) is 5.75 Å². The number of benzene rings is 1. The van der Waals surface area contributed by atoms with Crippen LogP contribution in [0.5, 0.6) is 5.75 Å². The summed E-state index contributed by atoms with van der Waals surface area (Å²) in [5.74, 6) is 3.52. The highest BCUT2D eigenvalue weighted by Gasteiger charge is 2.25. The highest BCUT2D eigenvalue weighted by molar-refractivity contribution is 14.0. The molecule has 1 aliphatic heterocycles. The Kier molecular flexibility index (Phi) is 10.4. The Labute approximate surface area is 202 Å². The molecule has 1 unspecified atom stereocenters. The van der Waals surface area contributed by atoms with Gasteiger partial charge in [-0.3, -0.25) is 4.99 Å². The molecule has 31 heavy (non-hydrogen) atoms. The first-order chi connectivity index (χ1) is 14.6.